The van der Waals surface area contributed by atoms with Gasteiger partial charge in [-0.3, -0.25) is 9.35 Å². The molecule has 0 radical (unpaired) electrons. The SMILES string of the molecule is CNS(=O)(=O)Nc1cccc(Cc2c(C)c3ccc(OCCOc4no[n+]([O-])c4S(=O)(=O)c4ccccc4)cc3oc2=O)c1F. The van der Waals surface area contributed by atoms with Crippen molar-refractivity contribution in [2.24, 2.45) is 0 Å². The molecule has 0 unspecified atom stereocenters. The number of hydrogen-bond acceptors (Lipinski definition) is 11. The van der Waals surface area contributed by atoms with Crippen molar-refractivity contribution in [1.82, 2.24) is 9.88 Å². The zero-order valence-electron chi connectivity index (χ0n) is 23.6. The smallest absolute Gasteiger partial charge is 0.415 e. The van der Waals surface area contributed by atoms with E-state index in [0.717, 1.165) is 0 Å². The lowest BCUT2D eigenvalue weighted by Crippen LogP contribution is -2.31. The fraction of sp³-hybridized carbons (Fsp3) is 0.179. The molecule has 0 fully saturated rings. The van der Waals surface area contributed by atoms with Crippen LogP contribution in [0.2, 0.25) is 0 Å². The van der Waals surface area contributed by atoms with E-state index >= 15 is 4.39 Å². The Morgan fingerprint density at radius 3 is 2.47 bits per heavy atom. The predicted octanol–water partition coefficient (Wildman–Crippen LogP) is 2.62. The second-order valence-electron chi connectivity index (χ2n) is 9.47. The minimum atomic E-state index is -4.28. The molecular weight excluding hydrogens is 635 g/mol. The number of rotatable bonds is 12. The van der Waals surface area contributed by atoms with Gasteiger partial charge in [0.1, 0.15) is 24.5 Å². The van der Waals surface area contributed by atoms with E-state index in [1.54, 1.807) is 25.1 Å². The number of hydrogen-bond donors (Lipinski definition) is 2. The number of benzene rings is 3. The molecule has 0 amide bonds. The van der Waals surface area contributed by atoms with E-state index in [9.17, 15) is 26.8 Å². The molecule has 0 aliphatic heterocycles. The van der Waals surface area contributed by atoms with Crippen molar-refractivity contribution in [1.29, 1.82) is 0 Å². The summed E-state index contributed by atoms with van der Waals surface area (Å²) in [6, 6.07) is 16.1. The maximum atomic E-state index is 15.1. The van der Waals surface area contributed by atoms with Crippen LogP contribution in [0.15, 0.2) is 90.5 Å². The minimum absolute atomic E-state index is 0.0790. The number of sulfone groups is 1. The summed E-state index contributed by atoms with van der Waals surface area (Å²) in [7, 11) is -7.06. The summed E-state index contributed by atoms with van der Waals surface area (Å²) >= 11 is 0. The van der Waals surface area contributed by atoms with Gasteiger partial charge in [-0.05, 0) is 53.3 Å². The van der Waals surface area contributed by atoms with Gasteiger partial charge in [-0.1, -0.05) is 30.3 Å². The van der Waals surface area contributed by atoms with Crippen molar-refractivity contribution in [3.63, 3.8) is 0 Å². The fourth-order valence-corrected chi connectivity index (χ4v) is 6.23. The molecule has 0 spiro atoms. The predicted molar refractivity (Wildman–Crippen MR) is 156 cm³/mol. The molecule has 0 aliphatic carbocycles. The third-order valence-corrected chi connectivity index (χ3v) is 9.41. The van der Waals surface area contributed by atoms with Gasteiger partial charge in [-0.25, -0.2) is 22.3 Å². The van der Waals surface area contributed by atoms with Crippen LogP contribution in [-0.4, -0.2) is 42.3 Å². The van der Waals surface area contributed by atoms with E-state index in [1.165, 1.54) is 55.6 Å². The quantitative estimate of drug-likeness (QED) is 0.113. The zero-order valence-corrected chi connectivity index (χ0v) is 25.3. The monoisotopic (exact) mass is 660 g/mol. The summed E-state index contributed by atoms with van der Waals surface area (Å²) in [6.45, 7) is 1.34. The van der Waals surface area contributed by atoms with Crippen LogP contribution in [-0.2, 0) is 26.5 Å². The van der Waals surface area contributed by atoms with Gasteiger partial charge in [0.15, 0.2) is 5.82 Å². The second kappa shape index (κ2) is 12.5. The van der Waals surface area contributed by atoms with Crippen LogP contribution in [0.5, 0.6) is 11.6 Å². The van der Waals surface area contributed by atoms with Crippen molar-refractivity contribution in [2.75, 3.05) is 25.0 Å². The summed E-state index contributed by atoms with van der Waals surface area (Å²) in [6.07, 6.45) is -0.159. The van der Waals surface area contributed by atoms with Crippen LogP contribution < -0.4 is 29.4 Å². The van der Waals surface area contributed by atoms with E-state index < -0.39 is 42.4 Å². The fourth-order valence-electron chi connectivity index (χ4n) is 4.39. The zero-order chi connectivity index (χ0) is 32.4. The van der Waals surface area contributed by atoms with Crippen molar-refractivity contribution in [2.45, 2.75) is 23.3 Å². The summed E-state index contributed by atoms with van der Waals surface area (Å²) in [4.78, 5) is 12.5. The number of anilines is 1. The number of aryl methyl sites for hydroxylation is 1. The summed E-state index contributed by atoms with van der Waals surface area (Å²) in [5.74, 6) is -1.08. The lowest BCUT2D eigenvalue weighted by molar-refractivity contribution is -0.832. The number of aromatic nitrogens is 2. The first-order valence-corrected chi connectivity index (χ1v) is 16.1. The van der Waals surface area contributed by atoms with Crippen LogP contribution in [0, 0.1) is 17.9 Å². The number of nitrogens with one attached hydrogen (secondary N) is 2. The molecule has 17 heteroatoms. The Hall–Kier alpha value is -5.00. The Morgan fingerprint density at radius 1 is 1.00 bits per heavy atom. The number of fused-ring (bicyclic) bond motifs is 1. The lowest BCUT2D eigenvalue weighted by atomic mass is 9.99. The summed E-state index contributed by atoms with van der Waals surface area (Å²) in [5, 5.41) is 15.2. The van der Waals surface area contributed by atoms with Gasteiger partial charge < -0.3 is 19.1 Å². The van der Waals surface area contributed by atoms with E-state index in [-0.39, 0.29) is 57.6 Å². The van der Waals surface area contributed by atoms with E-state index in [1.807, 2.05) is 4.72 Å². The third kappa shape index (κ3) is 6.59. The Kier molecular flexibility index (Phi) is 8.76. The highest BCUT2D eigenvalue weighted by Crippen LogP contribution is 2.28. The molecule has 236 valence electrons. The molecule has 14 nitrogen and oxygen atoms in total. The van der Waals surface area contributed by atoms with Crippen molar-refractivity contribution >= 4 is 36.7 Å². The molecular formula is C28H25FN4O10S2. The molecule has 2 N–H and O–H groups in total. The molecule has 45 heavy (non-hydrogen) atoms. The first kappa shape index (κ1) is 31.4. The van der Waals surface area contributed by atoms with Gasteiger partial charge in [0, 0.05) is 30.5 Å². The molecule has 0 bridgehead atoms. The lowest BCUT2D eigenvalue weighted by Gasteiger charge is -2.12. The van der Waals surface area contributed by atoms with Gasteiger partial charge in [0.2, 0.25) is 0 Å². The largest absolute Gasteiger partial charge is 0.490 e. The standard InChI is InChI=1S/C28H25FN4O10S2/c1-17-21-12-11-19(40-13-14-41-26-27(33(35)43-31-26)44(36,37)20-8-4-3-5-9-20)16-24(21)42-28(34)22(17)15-18-7-6-10-23(25(18)29)32-45(38,39)30-2/h3-12,16,30,32H,13-15H2,1-2H3. The molecule has 2 heterocycles. The summed E-state index contributed by atoms with van der Waals surface area (Å²) < 4.78 is 89.5. The normalized spacial score (nSPS) is 11.9. The molecule has 3 aromatic carbocycles. The molecule has 0 aliphatic rings. The number of ether oxygens (including phenoxy) is 2. The highest BCUT2D eigenvalue weighted by molar-refractivity contribution is 7.91. The molecule has 0 atom stereocenters. The Morgan fingerprint density at radius 2 is 1.73 bits per heavy atom. The van der Waals surface area contributed by atoms with Crippen LogP contribution in [0.4, 0.5) is 10.1 Å². The number of nitrogens with zero attached hydrogens (tertiary/aromatic N) is 2. The maximum absolute atomic E-state index is 15.1. The molecule has 0 saturated carbocycles. The van der Waals surface area contributed by atoms with Crippen LogP contribution in [0.1, 0.15) is 16.7 Å². The van der Waals surface area contributed by atoms with Gasteiger partial charge in [0.05, 0.1) is 15.7 Å². The van der Waals surface area contributed by atoms with Crippen LogP contribution in [0.3, 0.4) is 0 Å². The minimum Gasteiger partial charge on any atom is -0.490 e. The van der Waals surface area contributed by atoms with Crippen LogP contribution in [0.25, 0.3) is 11.0 Å². The Balaban J connectivity index is 1.29. The highest BCUT2D eigenvalue weighted by atomic mass is 32.2. The first-order chi connectivity index (χ1) is 21.4. The van der Waals surface area contributed by atoms with Crippen molar-refractivity contribution < 1.29 is 44.6 Å². The average Bonchev–Trinajstić information content (AvgIpc) is 3.40. The maximum Gasteiger partial charge on any atom is 0.415 e. The van der Waals surface area contributed by atoms with Gasteiger partial charge >= 0.3 is 16.5 Å². The van der Waals surface area contributed by atoms with Crippen LogP contribution >= 0.6 is 0 Å². The average molecular weight is 661 g/mol. The van der Waals surface area contributed by atoms with Crippen molar-refractivity contribution in [3.05, 3.63) is 105 Å². The third-order valence-electron chi connectivity index (χ3n) is 6.66. The van der Waals surface area contributed by atoms with E-state index in [2.05, 4.69) is 14.5 Å². The Bertz CT molecular complexity index is 2150. The molecule has 0 saturated heterocycles. The Labute approximate surface area is 255 Å². The van der Waals surface area contributed by atoms with E-state index in [0.29, 0.717) is 10.9 Å². The second-order valence-corrected chi connectivity index (χ2v) is 13.0. The van der Waals surface area contributed by atoms with Crippen molar-refractivity contribution in [3.8, 4) is 11.6 Å². The molecule has 2 aromatic heterocycles. The first-order valence-electron chi connectivity index (χ1n) is 13.1. The van der Waals surface area contributed by atoms with E-state index in [4.69, 9.17) is 13.9 Å². The highest BCUT2D eigenvalue weighted by Gasteiger charge is 2.35. The van der Waals surface area contributed by atoms with Gasteiger partial charge in [-0.15, -0.1) is 0 Å². The number of halogens is 1. The molecule has 5 rings (SSSR count). The topological polar surface area (TPSA) is 194 Å². The summed E-state index contributed by atoms with van der Waals surface area (Å²) in [5.41, 5.74) is -0.0148. The van der Waals surface area contributed by atoms with Gasteiger partial charge in [-0.2, -0.15) is 8.42 Å². The van der Waals surface area contributed by atoms with Gasteiger partial charge in [0.25, 0.3) is 20.0 Å². The molecule has 5 aromatic rings.